The van der Waals surface area contributed by atoms with E-state index in [-0.39, 0.29) is 0 Å². The molecule has 1 aliphatic rings. The number of rotatable bonds is 0. The van der Waals surface area contributed by atoms with Crippen molar-refractivity contribution >= 4 is 19.1 Å². The first-order valence-corrected chi connectivity index (χ1v) is 1.73. The average Bonchev–Trinajstić information content (AvgIpc) is 1.86. The van der Waals surface area contributed by atoms with Crippen molar-refractivity contribution in [2.24, 2.45) is 15.9 Å². The van der Waals surface area contributed by atoms with Gasteiger partial charge in [0.05, 0.1) is 5.73 Å². The van der Waals surface area contributed by atoms with Gasteiger partial charge >= 0.3 is 0 Å². The maximum Gasteiger partial charge on any atom is 0.256 e. The summed E-state index contributed by atoms with van der Waals surface area (Å²) in [5, 5.41) is 7.00. The van der Waals surface area contributed by atoms with Crippen LogP contribution in [0.4, 0.5) is 0 Å². The Balaban J connectivity index is 2.61. The van der Waals surface area contributed by atoms with Crippen LogP contribution < -0.4 is 5.73 Å². The van der Waals surface area contributed by atoms with Gasteiger partial charge in [-0.1, -0.05) is 0 Å². The van der Waals surface area contributed by atoms with E-state index in [4.69, 9.17) is 5.73 Å². The van der Waals surface area contributed by atoms with E-state index in [9.17, 15) is 0 Å². The second-order valence-corrected chi connectivity index (χ2v) is 1.09. The van der Waals surface area contributed by atoms with E-state index in [1.54, 1.807) is 6.11 Å². The van der Waals surface area contributed by atoms with Gasteiger partial charge in [0.1, 0.15) is 0 Å². The third-order valence-corrected chi connectivity index (χ3v) is 0.568. The largest absolute Gasteiger partial charge is 0.394 e. The molecule has 0 aromatic heterocycles. The van der Waals surface area contributed by atoms with Gasteiger partial charge in [0, 0.05) is 0 Å². The maximum absolute atomic E-state index is 5.16. The zero-order valence-electron chi connectivity index (χ0n) is 3.26. The monoisotopic (exact) mass is 81.0 g/mol. The van der Waals surface area contributed by atoms with Gasteiger partial charge in [-0.2, -0.15) is 10.2 Å². The zero-order chi connectivity index (χ0) is 4.41. The van der Waals surface area contributed by atoms with Gasteiger partial charge in [-0.05, 0) is 6.11 Å². The van der Waals surface area contributed by atoms with Gasteiger partial charge in [-0.3, -0.25) is 0 Å². The number of amidine groups is 1. The third kappa shape index (κ3) is 0.405. The molecule has 1 rings (SSSR count). The van der Waals surface area contributed by atoms with Crippen molar-refractivity contribution in [3.63, 3.8) is 0 Å². The number of nitrogens with zero attached hydrogens (tertiary/aromatic N) is 2. The molecule has 4 heteroatoms. The summed E-state index contributed by atoms with van der Waals surface area (Å²) in [6, 6.07) is 0. The van der Waals surface area contributed by atoms with Crippen molar-refractivity contribution < 1.29 is 0 Å². The van der Waals surface area contributed by atoms with Crippen molar-refractivity contribution in [3.05, 3.63) is 0 Å². The lowest BCUT2D eigenvalue weighted by Crippen LogP contribution is -2.16. The molecule has 0 radical (unpaired) electrons. The van der Waals surface area contributed by atoms with Gasteiger partial charge in [0.15, 0.2) is 0 Å². The molecule has 0 aliphatic carbocycles. The lowest BCUT2D eigenvalue weighted by atomic mass is 9.80. The molecule has 0 saturated heterocycles. The molecule has 0 aromatic rings. The first-order valence-electron chi connectivity index (χ1n) is 1.73. The first-order chi connectivity index (χ1) is 2.89. The summed E-state index contributed by atoms with van der Waals surface area (Å²) < 4.78 is 0. The molecule has 0 fully saturated rings. The molecule has 30 valence electrons. The van der Waals surface area contributed by atoms with Gasteiger partial charge < -0.3 is 5.73 Å². The highest BCUT2D eigenvalue weighted by Crippen LogP contribution is 1.75. The minimum absolute atomic E-state index is 0.606. The molecule has 0 aromatic carbocycles. The minimum Gasteiger partial charge on any atom is -0.394 e. The van der Waals surface area contributed by atoms with E-state index in [0.29, 0.717) is 5.73 Å². The molecule has 0 spiro atoms. The van der Waals surface area contributed by atoms with Crippen LogP contribution in [0.5, 0.6) is 0 Å². The van der Waals surface area contributed by atoms with Crippen LogP contribution >= 0.6 is 0 Å². The Morgan fingerprint density at radius 1 is 1.83 bits per heavy atom. The Morgan fingerprint density at radius 3 is 2.83 bits per heavy atom. The molecule has 0 unspecified atom stereocenters. The standard InChI is InChI=1S/C2H4BN3/c4-2-3-1-5-6-2/h1,3H,(H2,4,6). The molecule has 2 N–H and O–H groups in total. The van der Waals surface area contributed by atoms with E-state index in [1.807, 2.05) is 0 Å². The SMILES string of the molecule is NC1=NN=CB1. The lowest BCUT2D eigenvalue weighted by Gasteiger charge is -1.73. The zero-order valence-corrected chi connectivity index (χ0v) is 3.26. The minimum atomic E-state index is 0.606. The summed E-state index contributed by atoms with van der Waals surface area (Å²) in [4.78, 5) is 0. The number of nitrogens with two attached hydrogens (primary N) is 1. The van der Waals surface area contributed by atoms with Gasteiger partial charge in [0.2, 0.25) is 0 Å². The van der Waals surface area contributed by atoms with E-state index in [1.165, 1.54) is 0 Å². The molecule has 0 saturated carbocycles. The van der Waals surface area contributed by atoms with Gasteiger partial charge in [-0.25, -0.2) is 0 Å². The fourth-order valence-electron chi connectivity index (χ4n) is 0.290. The topological polar surface area (TPSA) is 50.7 Å². The summed E-state index contributed by atoms with van der Waals surface area (Å²) >= 11 is 0. The van der Waals surface area contributed by atoms with E-state index < -0.39 is 0 Å². The van der Waals surface area contributed by atoms with Crippen LogP contribution in [0.15, 0.2) is 10.2 Å². The fraction of sp³-hybridized carbons (Fsp3) is 0. The molecule has 1 aliphatic heterocycles. The summed E-state index contributed by atoms with van der Waals surface area (Å²) in [7, 11) is 0.722. The van der Waals surface area contributed by atoms with Gasteiger partial charge in [0.25, 0.3) is 7.28 Å². The Labute approximate surface area is 36.2 Å². The molecule has 6 heavy (non-hydrogen) atoms. The molecule has 0 atom stereocenters. The Kier molecular flexibility index (Phi) is 0.635. The quantitative estimate of drug-likeness (QED) is 0.362. The second-order valence-electron chi connectivity index (χ2n) is 1.09. The summed E-state index contributed by atoms with van der Waals surface area (Å²) in [5.74, 6) is 0. The van der Waals surface area contributed by atoms with Crippen LogP contribution in [0.25, 0.3) is 0 Å². The first kappa shape index (κ1) is 3.40. The van der Waals surface area contributed by atoms with Crippen molar-refractivity contribution in [2.45, 2.75) is 0 Å². The summed E-state index contributed by atoms with van der Waals surface area (Å²) in [5.41, 5.74) is 5.77. The van der Waals surface area contributed by atoms with Crippen LogP contribution in [-0.4, -0.2) is 19.1 Å². The van der Waals surface area contributed by atoms with E-state index in [2.05, 4.69) is 10.2 Å². The molecule has 0 bridgehead atoms. The van der Waals surface area contributed by atoms with E-state index >= 15 is 0 Å². The third-order valence-electron chi connectivity index (χ3n) is 0.568. The van der Waals surface area contributed by atoms with Crippen LogP contribution in [0.1, 0.15) is 0 Å². The predicted octanol–water partition coefficient (Wildman–Crippen LogP) is -1.31. The normalized spacial score (nSPS) is 17.0. The highest BCUT2D eigenvalue weighted by molar-refractivity contribution is 6.94. The Morgan fingerprint density at radius 2 is 2.67 bits per heavy atom. The van der Waals surface area contributed by atoms with Crippen LogP contribution in [-0.2, 0) is 0 Å². The van der Waals surface area contributed by atoms with Crippen molar-refractivity contribution in [3.8, 4) is 0 Å². The second kappa shape index (κ2) is 1.12. The van der Waals surface area contributed by atoms with Crippen LogP contribution in [0, 0.1) is 0 Å². The summed E-state index contributed by atoms with van der Waals surface area (Å²) in [6.45, 7) is 0. The number of hydrogen-bond acceptors (Lipinski definition) is 3. The lowest BCUT2D eigenvalue weighted by molar-refractivity contribution is 1.27. The van der Waals surface area contributed by atoms with Crippen molar-refractivity contribution in [2.75, 3.05) is 0 Å². The highest BCUT2D eigenvalue weighted by Gasteiger charge is 1.94. The molecule has 1 heterocycles. The highest BCUT2D eigenvalue weighted by atomic mass is 15.2. The summed E-state index contributed by atoms with van der Waals surface area (Å²) in [6.07, 6.45) is 1.68. The van der Waals surface area contributed by atoms with Crippen LogP contribution in [0.3, 0.4) is 0 Å². The fourth-order valence-corrected chi connectivity index (χ4v) is 0.290. The molecular weight excluding hydrogens is 76.9 g/mol. The van der Waals surface area contributed by atoms with Crippen molar-refractivity contribution in [1.29, 1.82) is 0 Å². The van der Waals surface area contributed by atoms with Crippen LogP contribution in [0.2, 0.25) is 0 Å². The Hall–Kier alpha value is -0.795. The maximum atomic E-state index is 5.16. The average molecular weight is 80.9 g/mol. The predicted molar refractivity (Wildman–Crippen MR) is 27.3 cm³/mol. The number of hydrogen-bond donors (Lipinski definition) is 1. The molecular formula is C2H4BN3. The van der Waals surface area contributed by atoms with Crippen molar-refractivity contribution in [1.82, 2.24) is 0 Å². The van der Waals surface area contributed by atoms with E-state index in [0.717, 1.165) is 7.28 Å². The van der Waals surface area contributed by atoms with Gasteiger partial charge in [-0.15, -0.1) is 0 Å². The Bertz CT molecular complexity index is 105. The smallest absolute Gasteiger partial charge is 0.256 e. The molecule has 0 amide bonds. The molecule has 3 nitrogen and oxygen atoms in total.